The Morgan fingerprint density at radius 1 is 1.26 bits per heavy atom. The minimum atomic E-state index is -0.384. The number of piperidine rings is 1. The maximum absolute atomic E-state index is 12.3. The first-order valence-corrected chi connectivity index (χ1v) is 7.16. The van der Waals surface area contributed by atoms with E-state index in [1.54, 1.807) is 6.92 Å². The van der Waals surface area contributed by atoms with Crippen LogP contribution in [0.2, 0.25) is 0 Å². The number of nitrogens with zero attached hydrogens (tertiary/aromatic N) is 2. The number of carbonyl (C=O) groups excluding carboxylic acids is 2. The smallest absolute Gasteiger partial charge is 0.244 e. The van der Waals surface area contributed by atoms with Crippen LogP contribution >= 0.6 is 0 Å². The van der Waals surface area contributed by atoms with Crippen molar-refractivity contribution in [3.05, 3.63) is 0 Å². The summed E-state index contributed by atoms with van der Waals surface area (Å²) < 4.78 is 0. The molecule has 2 heterocycles. The van der Waals surface area contributed by atoms with Gasteiger partial charge < -0.3 is 15.1 Å². The average Bonchev–Trinajstić information content (AvgIpc) is 2.47. The normalized spacial score (nSPS) is 29.0. The lowest BCUT2D eigenvalue weighted by Crippen LogP contribution is -2.48. The van der Waals surface area contributed by atoms with Gasteiger partial charge in [-0.15, -0.1) is 0 Å². The molecule has 0 radical (unpaired) electrons. The zero-order chi connectivity index (χ0) is 14.0. The van der Waals surface area contributed by atoms with Crippen molar-refractivity contribution in [3.63, 3.8) is 0 Å². The molecule has 2 amide bonds. The highest BCUT2D eigenvalue weighted by Gasteiger charge is 2.35. The summed E-state index contributed by atoms with van der Waals surface area (Å²) in [5.41, 5.74) is 0.190. The Hall–Kier alpha value is -1.10. The summed E-state index contributed by atoms with van der Waals surface area (Å²) in [6, 6.07) is -0.384. The molecule has 2 rings (SSSR count). The fraction of sp³-hybridized carbons (Fsp3) is 0.857. The van der Waals surface area contributed by atoms with E-state index in [-0.39, 0.29) is 23.3 Å². The molecule has 5 heteroatoms. The van der Waals surface area contributed by atoms with Gasteiger partial charge in [0.15, 0.2) is 0 Å². The molecule has 0 spiro atoms. The molecule has 2 saturated heterocycles. The second-order valence-corrected chi connectivity index (χ2v) is 6.41. The number of amides is 2. The predicted octanol–water partition coefficient (Wildman–Crippen LogP) is 0.455. The number of likely N-dealkylation sites (tertiary alicyclic amines) is 1. The standard InChI is InChI=1S/C14H25N3O2/c1-11-13(19)17(7-4-12(18)15-11)10-14(2)5-8-16(3)9-6-14/h11H,4-10H2,1-3H3,(H,15,18). The fourth-order valence-corrected chi connectivity index (χ4v) is 2.93. The third-order valence-corrected chi connectivity index (χ3v) is 4.44. The van der Waals surface area contributed by atoms with Crippen LogP contribution in [0.5, 0.6) is 0 Å². The Balaban J connectivity index is 2.00. The lowest BCUT2D eigenvalue weighted by atomic mass is 9.80. The van der Waals surface area contributed by atoms with Crippen LogP contribution in [0.4, 0.5) is 0 Å². The molecule has 19 heavy (non-hydrogen) atoms. The Kier molecular flexibility index (Phi) is 4.13. The summed E-state index contributed by atoms with van der Waals surface area (Å²) in [6.45, 7) is 7.55. The lowest BCUT2D eigenvalue weighted by molar-refractivity contribution is -0.134. The predicted molar refractivity (Wildman–Crippen MR) is 73.6 cm³/mol. The molecule has 5 nitrogen and oxygen atoms in total. The minimum absolute atomic E-state index is 0.0168. The molecule has 0 saturated carbocycles. The second-order valence-electron chi connectivity index (χ2n) is 6.41. The number of hydrogen-bond donors (Lipinski definition) is 1. The van der Waals surface area contributed by atoms with E-state index in [1.165, 1.54) is 0 Å². The van der Waals surface area contributed by atoms with Gasteiger partial charge in [0, 0.05) is 19.5 Å². The van der Waals surface area contributed by atoms with E-state index in [0.717, 1.165) is 32.5 Å². The van der Waals surface area contributed by atoms with E-state index in [0.29, 0.717) is 13.0 Å². The largest absolute Gasteiger partial charge is 0.345 e. The van der Waals surface area contributed by atoms with Crippen LogP contribution < -0.4 is 5.32 Å². The first-order valence-electron chi connectivity index (χ1n) is 7.16. The summed E-state index contributed by atoms with van der Waals surface area (Å²) >= 11 is 0. The van der Waals surface area contributed by atoms with Crippen molar-refractivity contribution in [2.45, 2.75) is 39.2 Å². The molecule has 0 aromatic heterocycles. The summed E-state index contributed by atoms with van der Waals surface area (Å²) in [5.74, 6) is 0.0443. The van der Waals surface area contributed by atoms with Crippen LogP contribution in [-0.2, 0) is 9.59 Å². The van der Waals surface area contributed by atoms with Crippen LogP contribution in [0.25, 0.3) is 0 Å². The van der Waals surface area contributed by atoms with Crippen molar-refractivity contribution >= 4 is 11.8 Å². The quantitative estimate of drug-likeness (QED) is 0.790. The molecule has 2 fully saturated rings. The summed E-state index contributed by atoms with van der Waals surface area (Å²) in [4.78, 5) is 28.0. The van der Waals surface area contributed by atoms with Gasteiger partial charge >= 0.3 is 0 Å². The van der Waals surface area contributed by atoms with Gasteiger partial charge in [0.25, 0.3) is 0 Å². The highest BCUT2D eigenvalue weighted by Crippen LogP contribution is 2.31. The van der Waals surface area contributed by atoms with Crippen molar-refractivity contribution in [2.75, 3.05) is 33.2 Å². The number of nitrogens with one attached hydrogen (secondary N) is 1. The van der Waals surface area contributed by atoms with Crippen molar-refractivity contribution in [1.29, 1.82) is 0 Å². The van der Waals surface area contributed by atoms with Crippen LogP contribution in [0, 0.1) is 5.41 Å². The van der Waals surface area contributed by atoms with Crippen LogP contribution in [0.1, 0.15) is 33.1 Å². The van der Waals surface area contributed by atoms with Crippen LogP contribution in [0.3, 0.4) is 0 Å². The number of hydrogen-bond acceptors (Lipinski definition) is 3. The summed E-state index contributed by atoms with van der Waals surface area (Å²) in [5, 5.41) is 2.74. The average molecular weight is 267 g/mol. The Labute approximate surface area is 115 Å². The van der Waals surface area contributed by atoms with E-state index >= 15 is 0 Å². The molecule has 0 aliphatic carbocycles. The van der Waals surface area contributed by atoms with Gasteiger partial charge in [-0.05, 0) is 45.3 Å². The lowest BCUT2D eigenvalue weighted by Gasteiger charge is -2.41. The SMILES string of the molecule is CC1NC(=O)CCN(CC2(C)CCN(C)CC2)C1=O. The van der Waals surface area contributed by atoms with E-state index in [2.05, 4.69) is 24.2 Å². The molecule has 1 atom stereocenters. The topological polar surface area (TPSA) is 52.7 Å². The molecule has 0 aromatic carbocycles. The van der Waals surface area contributed by atoms with E-state index in [1.807, 2.05) is 4.90 Å². The first kappa shape index (κ1) is 14.3. The van der Waals surface area contributed by atoms with Crippen LogP contribution in [-0.4, -0.2) is 60.9 Å². The molecular weight excluding hydrogens is 242 g/mol. The number of carbonyl (C=O) groups is 2. The highest BCUT2D eigenvalue weighted by atomic mass is 16.2. The summed E-state index contributed by atoms with van der Waals surface area (Å²) in [6.07, 6.45) is 2.65. The zero-order valence-electron chi connectivity index (χ0n) is 12.2. The van der Waals surface area contributed by atoms with Crippen LogP contribution in [0.15, 0.2) is 0 Å². The molecule has 2 aliphatic rings. The summed E-state index contributed by atoms with van der Waals surface area (Å²) in [7, 11) is 2.14. The van der Waals surface area contributed by atoms with Gasteiger partial charge in [-0.3, -0.25) is 9.59 Å². The van der Waals surface area contributed by atoms with E-state index in [4.69, 9.17) is 0 Å². The van der Waals surface area contributed by atoms with Gasteiger partial charge in [0.2, 0.25) is 11.8 Å². The third-order valence-electron chi connectivity index (χ3n) is 4.44. The Morgan fingerprint density at radius 2 is 1.89 bits per heavy atom. The van der Waals surface area contributed by atoms with Gasteiger partial charge in [0.05, 0.1) is 0 Å². The van der Waals surface area contributed by atoms with Gasteiger partial charge in [-0.2, -0.15) is 0 Å². The fourth-order valence-electron chi connectivity index (χ4n) is 2.93. The van der Waals surface area contributed by atoms with E-state index in [9.17, 15) is 9.59 Å². The van der Waals surface area contributed by atoms with Crippen molar-refractivity contribution < 1.29 is 9.59 Å². The second kappa shape index (κ2) is 5.49. The van der Waals surface area contributed by atoms with Crippen molar-refractivity contribution in [3.8, 4) is 0 Å². The highest BCUT2D eigenvalue weighted by molar-refractivity contribution is 5.89. The van der Waals surface area contributed by atoms with Gasteiger partial charge in [-0.25, -0.2) is 0 Å². The van der Waals surface area contributed by atoms with Crippen molar-refractivity contribution in [1.82, 2.24) is 15.1 Å². The van der Waals surface area contributed by atoms with Crippen molar-refractivity contribution in [2.24, 2.45) is 5.41 Å². The van der Waals surface area contributed by atoms with E-state index < -0.39 is 0 Å². The zero-order valence-corrected chi connectivity index (χ0v) is 12.2. The Bertz CT molecular complexity index is 362. The Morgan fingerprint density at radius 3 is 2.53 bits per heavy atom. The molecule has 0 aromatic rings. The monoisotopic (exact) mass is 267 g/mol. The minimum Gasteiger partial charge on any atom is -0.345 e. The maximum atomic E-state index is 12.3. The molecule has 1 N–H and O–H groups in total. The molecular formula is C14H25N3O2. The molecule has 0 bridgehead atoms. The first-order chi connectivity index (χ1) is 8.89. The maximum Gasteiger partial charge on any atom is 0.244 e. The molecule has 2 aliphatic heterocycles. The number of rotatable bonds is 2. The molecule has 1 unspecified atom stereocenters. The molecule has 108 valence electrons. The third kappa shape index (κ3) is 3.47. The van der Waals surface area contributed by atoms with Gasteiger partial charge in [0.1, 0.15) is 6.04 Å². The van der Waals surface area contributed by atoms with Gasteiger partial charge in [-0.1, -0.05) is 6.92 Å².